The van der Waals surface area contributed by atoms with E-state index in [1.165, 1.54) is 0 Å². The van der Waals surface area contributed by atoms with Crippen molar-refractivity contribution in [1.29, 1.82) is 0 Å². The molecule has 1 aromatic rings. The van der Waals surface area contributed by atoms with Gasteiger partial charge in [0.2, 0.25) is 10.0 Å². The Balaban J connectivity index is 2.93. The molecule has 0 bridgehead atoms. The Bertz CT molecular complexity index is 437. The molecule has 0 aromatic carbocycles. The van der Waals surface area contributed by atoms with Gasteiger partial charge in [0.1, 0.15) is 16.4 Å². The van der Waals surface area contributed by atoms with Crippen LogP contribution in [0.1, 0.15) is 25.4 Å². The number of hydrogen-bond donors (Lipinski definition) is 2. The molecule has 0 aliphatic heterocycles. The second-order valence-corrected chi connectivity index (χ2v) is 5.15. The first-order chi connectivity index (χ1) is 7.51. The minimum absolute atomic E-state index is 0.224. The van der Waals surface area contributed by atoms with Gasteiger partial charge in [-0.1, -0.05) is 13.8 Å². The third kappa shape index (κ3) is 3.07. The van der Waals surface area contributed by atoms with Gasteiger partial charge in [0.05, 0.1) is 6.54 Å². The van der Waals surface area contributed by atoms with Crippen molar-refractivity contribution in [3.05, 3.63) is 17.6 Å². The minimum atomic E-state index is -3.42. The highest BCUT2D eigenvalue weighted by molar-refractivity contribution is 7.89. The Labute approximate surface area is 96.3 Å². The van der Waals surface area contributed by atoms with Gasteiger partial charge in [-0.2, -0.15) is 0 Å². The van der Waals surface area contributed by atoms with E-state index in [-0.39, 0.29) is 4.90 Å². The molecular formula is C10H18N2O3S. The van der Waals surface area contributed by atoms with Crippen LogP contribution in [0.15, 0.2) is 15.4 Å². The van der Waals surface area contributed by atoms with Crippen LogP contribution in [-0.2, 0) is 16.6 Å². The SMILES string of the molecule is CCNCc1cc(S(=O)(=O)NCC)c(C)o1. The van der Waals surface area contributed by atoms with Crippen molar-refractivity contribution >= 4 is 10.0 Å². The highest BCUT2D eigenvalue weighted by atomic mass is 32.2. The molecule has 92 valence electrons. The Kier molecular flexibility index (Phi) is 4.52. The molecule has 2 N–H and O–H groups in total. The topological polar surface area (TPSA) is 71.3 Å². The van der Waals surface area contributed by atoms with Gasteiger partial charge in [-0.05, 0) is 13.5 Å². The molecule has 1 rings (SSSR count). The third-order valence-electron chi connectivity index (χ3n) is 2.10. The lowest BCUT2D eigenvalue weighted by Gasteiger charge is -2.01. The number of hydrogen-bond acceptors (Lipinski definition) is 4. The molecule has 1 heterocycles. The zero-order valence-corrected chi connectivity index (χ0v) is 10.6. The Morgan fingerprint density at radius 1 is 1.31 bits per heavy atom. The van der Waals surface area contributed by atoms with Gasteiger partial charge in [0, 0.05) is 12.6 Å². The van der Waals surface area contributed by atoms with Crippen LogP contribution >= 0.6 is 0 Å². The predicted molar refractivity (Wildman–Crippen MR) is 61.7 cm³/mol. The maximum Gasteiger partial charge on any atom is 0.244 e. The molecule has 0 saturated heterocycles. The largest absolute Gasteiger partial charge is 0.464 e. The molecule has 16 heavy (non-hydrogen) atoms. The fraction of sp³-hybridized carbons (Fsp3) is 0.600. The van der Waals surface area contributed by atoms with Crippen LogP contribution in [0, 0.1) is 6.92 Å². The van der Waals surface area contributed by atoms with Crippen LogP contribution in [-0.4, -0.2) is 21.5 Å². The maximum atomic E-state index is 11.7. The number of nitrogens with one attached hydrogen (secondary N) is 2. The standard InChI is InChI=1S/C10H18N2O3S/c1-4-11-7-9-6-10(8(3)15-9)16(13,14)12-5-2/h6,11-12H,4-5,7H2,1-3H3. The summed E-state index contributed by atoms with van der Waals surface area (Å²) in [5, 5.41) is 3.08. The Hall–Kier alpha value is -0.850. The van der Waals surface area contributed by atoms with E-state index in [9.17, 15) is 8.42 Å². The summed E-state index contributed by atoms with van der Waals surface area (Å²) in [6.07, 6.45) is 0. The normalized spacial score (nSPS) is 11.9. The van der Waals surface area contributed by atoms with E-state index in [1.54, 1.807) is 19.9 Å². The number of furan rings is 1. The van der Waals surface area contributed by atoms with Crippen molar-refractivity contribution in [3.8, 4) is 0 Å². The van der Waals surface area contributed by atoms with Crippen molar-refractivity contribution < 1.29 is 12.8 Å². The van der Waals surface area contributed by atoms with E-state index in [2.05, 4.69) is 10.0 Å². The van der Waals surface area contributed by atoms with E-state index in [0.29, 0.717) is 24.6 Å². The van der Waals surface area contributed by atoms with Gasteiger partial charge in [0.25, 0.3) is 0 Å². The van der Waals surface area contributed by atoms with Crippen LogP contribution in [0.4, 0.5) is 0 Å². The zero-order valence-electron chi connectivity index (χ0n) is 9.83. The van der Waals surface area contributed by atoms with Crippen LogP contribution in [0.3, 0.4) is 0 Å². The first kappa shape index (κ1) is 13.2. The zero-order chi connectivity index (χ0) is 12.2. The average Bonchev–Trinajstić information content (AvgIpc) is 2.57. The van der Waals surface area contributed by atoms with Crippen LogP contribution in [0.5, 0.6) is 0 Å². The van der Waals surface area contributed by atoms with E-state index in [0.717, 1.165) is 6.54 Å². The molecule has 0 aliphatic carbocycles. The molecule has 0 amide bonds. The summed E-state index contributed by atoms with van der Waals surface area (Å²) in [5.74, 6) is 1.06. The molecule has 0 saturated carbocycles. The molecule has 1 aromatic heterocycles. The number of sulfonamides is 1. The van der Waals surface area contributed by atoms with Crippen LogP contribution in [0.25, 0.3) is 0 Å². The maximum absolute atomic E-state index is 11.7. The van der Waals surface area contributed by atoms with E-state index >= 15 is 0 Å². The summed E-state index contributed by atoms with van der Waals surface area (Å²) < 4.78 is 31.3. The third-order valence-corrected chi connectivity index (χ3v) is 3.75. The van der Waals surface area contributed by atoms with Gasteiger partial charge in [-0.15, -0.1) is 0 Å². The fourth-order valence-corrected chi connectivity index (χ4v) is 2.64. The molecule has 0 aliphatic rings. The first-order valence-corrected chi connectivity index (χ1v) is 6.79. The lowest BCUT2D eigenvalue weighted by Crippen LogP contribution is -2.23. The quantitative estimate of drug-likeness (QED) is 0.785. The molecule has 0 unspecified atom stereocenters. The molecule has 0 atom stereocenters. The average molecular weight is 246 g/mol. The van der Waals surface area contributed by atoms with E-state index < -0.39 is 10.0 Å². The first-order valence-electron chi connectivity index (χ1n) is 5.31. The lowest BCUT2D eigenvalue weighted by molar-refractivity contribution is 0.460. The summed E-state index contributed by atoms with van der Waals surface area (Å²) in [4.78, 5) is 0.224. The number of aryl methyl sites for hydroxylation is 1. The molecular weight excluding hydrogens is 228 g/mol. The van der Waals surface area contributed by atoms with E-state index in [1.807, 2.05) is 6.92 Å². The summed E-state index contributed by atoms with van der Waals surface area (Å²) >= 11 is 0. The van der Waals surface area contributed by atoms with Gasteiger partial charge >= 0.3 is 0 Å². The molecule has 0 spiro atoms. The van der Waals surface area contributed by atoms with E-state index in [4.69, 9.17) is 4.42 Å². The molecule has 0 fully saturated rings. The van der Waals surface area contributed by atoms with Gasteiger partial charge in [0.15, 0.2) is 0 Å². The fourth-order valence-electron chi connectivity index (χ4n) is 1.39. The van der Waals surface area contributed by atoms with Crippen LogP contribution < -0.4 is 10.0 Å². The second kappa shape index (κ2) is 5.47. The van der Waals surface area contributed by atoms with Gasteiger partial charge in [-0.25, -0.2) is 13.1 Å². The van der Waals surface area contributed by atoms with Crippen molar-refractivity contribution in [2.24, 2.45) is 0 Å². The smallest absolute Gasteiger partial charge is 0.244 e. The Morgan fingerprint density at radius 2 is 2.00 bits per heavy atom. The summed E-state index contributed by atoms with van der Waals surface area (Å²) in [6.45, 7) is 7.10. The summed E-state index contributed by atoms with van der Waals surface area (Å²) in [5.41, 5.74) is 0. The van der Waals surface area contributed by atoms with Crippen LogP contribution in [0.2, 0.25) is 0 Å². The second-order valence-electron chi connectivity index (χ2n) is 3.41. The molecule has 5 nitrogen and oxygen atoms in total. The van der Waals surface area contributed by atoms with Crippen molar-refractivity contribution in [1.82, 2.24) is 10.0 Å². The highest BCUT2D eigenvalue weighted by Crippen LogP contribution is 2.19. The Morgan fingerprint density at radius 3 is 2.56 bits per heavy atom. The lowest BCUT2D eigenvalue weighted by atomic mass is 10.4. The van der Waals surface area contributed by atoms with Crippen molar-refractivity contribution in [2.75, 3.05) is 13.1 Å². The molecule has 6 heteroatoms. The molecule has 0 radical (unpaired) electrons. The summed E-state index contributed by atoms with van der Waals surface area (Å²) in [7, 11) is -3.42. The monoisotopic (exact) mass is 246 g/mol. The predicted octanol–water partition coefficient (Wildman–Crippen LogP) is 0.996. The van der Waals surface area contributed by atoms with Gasteiger partial charge in [-0.3, -0.25) is 0 Å². The minimum Gasteiger partial charge on any atom is -0.464 e. The van der Waals surface area contributed by atoms with Gasteiger partial charge < -0.3 is 9.73 Å². The summed E-state index contributed by atoms with van der Waals surface area (Å²) in [6, 6.07) is 1.57. The highest BCUT2D eigenvalue weighted by Gasteiger charge is 2.20. The van der Waals surface area contributed by atoms with Crippen molar-refractivity contribution in [3.63, 3.8) is 0 Å². The van der Waals surface area contributed by atoms with Crippen molar-refractivity contribution in [2.45, 2.75) is 32.2 Å². The number of rotatable bonds is 6.